The van der Waals surface area contributed by atoms with Crippen LogP contribution in [0.5, 0.6) is 5.75 Å². The van der Waals surface area contributed by atoms with Crippen molar-refractivity contribution >= 4 is 50.6 Å². The molecular weight excluding hydrogens is 307 g/mol. The highest BCUT2D eigenvalue weighted by Gasteiger charge is 2.15. The minimum absolute atomic E-state index is 0.229. The van der Waals surface area contributed by atoms with Crippen LogP contribution in [0.3, 0.4) is 0 Å². The maximum absolute atomic E-state index is 10.4. The molecule has 0 saturated heterocycles. The summed E-state index contributed by atoms with van der Waals surface area (Å²) in [7, 11) is 0. The summed E-state index contributed by atoms with van der Waals surface area (Å²) < 4.78 is 5.97. The molecule has 19 heavy (non-hydrogen) atoms. The second-order valence-corrected chi connectivity index (χ2v) is 6.22. The van der Waals surface area contributed by atoms with Crippen LogP contribution in [0.2, 0.25) is 10.0 Å². The van der Waals surface area contributed by atoms with E-state index in [0.717, 1.165) is 10.1 Å². The number of carbonyl (C=O) groups is 1. The van der Waals surface area contributed by atoms with E-state index < -0.39 is 12.6 Å². The molecule has 0 aliphatic rings. The number of fused-ring (bicyclic) bond motifs is 1. The summed E-state index contributed by atoms with van der Waals surface area (Å²) in [5.41, 5.74) is 0. The van der Waals surface area contributed by atoms with Crippen molar-refractivity contribution in [3.8, 4) is 5.75 Å². The molecule has 0 amide bonds. The van der Waals surface area contributed by atoms with Crippen molar-refractivity contribution in [3.05, 3.63) is 27.1 Å². The number of carboxylic acid groups (broad SMARTS) is 1. The van der Waals surface area contributed by atoms with E-state index in [2.05, 4.69) is 13.8 Å². The van der Waals surface area contributed by atoms with Crippen LogP contribution in [-0.2, 0) is 4.79 Å². The Hall–Kier alpha value is -0.970. The summed E-state index contributed by atoms with van der Waals surface area (Å²) in [4.78, 5) is 11.6. The average Bonchev–Trinajstić information content (AvgIpc) is 2.76. The molecule has 0 aliphatic heterocycles. The number of halogens is 2. The molecule has 0 bridgehead atoms. The van der Waals surface area contributed by atoms with Crippen molar-refractivity contribution < 1.29 is 14.6 Å². The van der Waals surface area contributed by atoms with Crippen molar-refractivity contribution in [2.45, 2.75) is 19.8 Å². The van der Waals surface area contributed by atoms with Gasteiger partial charge < -0.3 is 14.6 Å². The Labute approximate surface area is 124 Å². The van der Waals surface area contributed by atoms with Crippen LogP contribution in [0.4, 0.5) is 0 Å². The second-order valence-electron chi connectivity index (χ2n) is 4.39. The molecule has 102 valence electrons. The topological polar surface area (TPSA) is 49.4 Å². The standard InChI is InChI=1S/C13H12Cl2O3S/c1-6(2)9-4-7-3-8(18-5-10(16)17)11(14)12(15)13(7)19-9/h3-4,6H,5H2,1-2H3,(H,16,17)/p-1. The predicted octanol–water partition coefficient (Wildman–Crippen LogP) is 3.46. The van der Waals surface area contributed by atoms with Crippen molar-refractivity contribution in [1.29, 1.82) is 0 Å². The van der Waals surface area contributed by atoms with E-state index >= 15 is 0 Å². The highest BCUT2D eigenvalue weighted by molar-refractivity contribution is 7.19. The molecule has 1 aromatic carbocycles. The minimum atomic E-state index is -1.31. The van der Waals surface area contributed by atoms with Crippen LogP contribution in [0.1, 0.15) is 24.6 Å². The third-order valence-electron chi connectivity index (χ3n) is 2.59. The molecule has 0 N–H and O–H groups in total. The van der Waals surface area contributed by atoms with Gasteiger partial charge in [0.05, 0.1) is 15.7 Å². The molecule has 1 heterocycles. The Morgan fingerprint density at radius 2 is 2.05 bits per heavy atom. The van der Waals surface area contributed by atoms with Crippen LogP contribution in [0, 0.1) is 0 Å². The van der Waals surface area contributed by atoms with Gasteiger partial charge in [0.1, 0.15) is 17.4 Å². The summed E-state index contributed by atoms with van der Waals surface area (Å²) in [5, 5.41) is 11.9. The van der Waals surface area contributed by atoms with Gasteiger partial charge in [0.2, 0.25) is 0 Å². The van der Waals surface area contributed by atoms with E-state index in [-0.39, 0.29) is 10.8 Å². The fourth-order valence-electron chi connectivity index (χ4n) is 1.64. The molecule has 3 nitrogen and oxygen atoms in total. The van der Waals surface area contributed by atoms with Gasteiger partial charge in [0, 0.05) is 4.88 Å². The Morgan fingerprint density at radius 3 is 2.63 bits per heavy atom. The van der Waals surface area contributed by atoms with E-state index in [4.69, 9.17) is 27.9 Å². The summed E-state index contributed by atoms with van der Waals surface area (Å²) in [6, 6.07) is 3.72. The monoisotopic (exact) mass is 317 g/mol. The second kappa shape index (κ2) is 5.57. The lowest BCUT2D eigenvalue weighted by Crippen LogP contribution is -2.29. The van der Waals surface area contributed by atoms with Gasteiger partial charge in [0.25, 0.3) is 0 Å². The molecule has 2 aromatic rings. The molecule has 0 unspecified atom stereocenters. The summed E-state index contributed by atoms with van der Waals surface area (Å²) >= 11 is 13.9. The first-order chi connectivity index (χ1) is 8.90. The maximum Gasteiger partial charge on any atom is 0.140 e. The normalized spacial score (nSPS) is 11.2. The third-order valence-corrected chi connectivity index (χ3v) is 5.02. The number of carbonyl (C=O) groups excluding carboxylic acids is 1. The van der Waals surface area contributed by atoms with Crippen LogP contribution in [0.25, 0.3) is 10.1 Å². The van der Waals surface area contributed by atoms with Gasteiger partial charge in [-0.2, -0.15) is 0 Å². The van der Waals surface area contributed by atoms with Crippen LogP contribution >= 0.6 is 34.5 Å². The summed E-state index contributed by atoms with van der Waals surface area (Å²) in [5.74, 6) is -0.656. The number of thiophene rings is 1. The number of hydrogen-bond acceptors (Lipinski definition) is 4. The Balaban J connectivity index is 2.49. The number of carboxylic acids is 1. The number of rotatable bonds is 4. The van der Waals surface area contributed by atoms with Crippen molar-refractivity contribution in [2.24, 2.45) is 0 Å². The molecule has 6 heteroatoms. The largest absolute Gasteiger partial charge is 0.546 e. The van der Waals surface area contributed by atoms with Gasteiger partial charge in [-0.05, 0) is 23.4 Å². The first-order valence-electron chi connectivity index (χ1n) is 5.64. The lowest BCUT2D eigenvalue weighted by atomic mass is 10.1. The van der Waals surface area contributed by atoms with Crippen LogP contribution < -0.4 is 9.84 Å². The fourth-order valence-corrected chi connectivity index (χ4v) is 3.30. The molecule has 1 aromatic heterocycles. The lowest BCUT2D eigenvalue weighted by Gasteiger charge is -2.10. The minimum Gasteiger partial charge on any atom is -0.546 e. The lowest BCUT2D eigenvalue weighted by molar-refractivity contribution is -0.307. The van der Waals surface area contributed by atoms with E-state index in [1.165, 1.54) is 4.88 Å². The van der Waals surface area contributed by atoms with Crippen molar-refractivity contribution in [2.75, 3.05) is 6.61 Å². The number of ether oxygens (including phenoxy) is 1. The molecule has 0 aliphatic carbocycles. The van der Waals surface area contributed by atoms with Gasteiger partial charge in [-0.1, -0.05) is 37.0 Å². The smallest absolute Gasteiger partial charge is 0.140 e. The zero-order valence-corrected chi connectivity index (χ0v) is 12.7. The van der Waals surface area contributed by atoms with Crippen LogP contribution in [0.15, 0.2) is 12.1 Å². The molecule has 0 spiro atoms. The quantitative estimate of drug-likeness (QED) is 0.867. The third kappa shape index (κ3) is 2.96. The number of hydrogen-bond donors (Lipinski definition) is 0. The first kappa shape index (κ1) is 14.4. The zero-order valence-electron chi connectivity index (χ0n) is 10.3. The predicted molar refractivity (Wildman–Crippen MR) is 76.4 cm³/mol. The van der Waals surface area contributed by atoms with E-state index in [0.29, 0.717) is 10.9 Å². The Bertz CT molecular complexity index is 634. The van der Waals surface area contributed by atoms with Gasteiger partial charge in [-0.3, -0.25) is 0 Å². The summed E-state index contributed by atoms with van der Waals surface area (Å²) in [6.45, 7) is 3.63. The zero-order chi connectivity index (χ0) is 14.2. The van der Waals surface area contributed by atoms with E-state index in [1.807, 2.05) is 6.07 Å². The first-order valence-corrected chi connectivity index (χ1v) is 7.21. The molecule has 2 rings (SSSR count). The fraction of sp³-hybridized carbons (Fsp3) is 0.308. The van der Waals surface area contributed by atoms with Crippen molar-refractivity contribution in [3.63, 3.8) is 0 Å². The molecule has 0 saturated carbocycles. The molecule has 0 atom stereocenters. The number of benzene rings is 1. The Kier molecular flexibility index (Phi) is 4.23. The highest BCUT2D eigenvalue weighted by atomic mass is 35.5. The van der Waals surface area contributed by atoms with Gasteiger partial charge in [-0.25, -0.2) is 0 Å². The molecule has 0 radical (unpaired) electrons. The van der Waals surface area contributed by atoms with Gasteiger partial charge >= 0.3 is 0 Å². The number of aliphatic carboxylic acids is 1. The molecular formula is C13H11Cl2O3S-. The van der Waals surface area contributed by atoms with E-state index in [9.17, 15) is 9.90 Å². The van der Waals surface area contributed by atoms with Crippen molar-refractivity contribution in [1.82, 2.24) is 0 Å². The highest BCUT2D eigenvalue weighted by Crippen LogP contribution is 2.43. The van der Waals surface area contributed by atoms with E-state index in [1.54, 1.807) is 17.4 Å². The van der Waals surface area contributed by atoms with Crippen LogP contribution in [-0.4, -0.2) is 12.6 Å². The average molecular weight is 318 g/mol. The van der Waals surface area contributed by atoms with Gasteiger partial charge in [0.15, 0.2) is 0 Å². The summed E-state index contributed by atoms with van der Waals surface area (Å²) in [6.07, 6.45) is 0. The maximum atomic E-state index is 10.4. The van der Waals surface area contributed by atoms with Gasteiger partial charge in [-0.15, -0.1) is 11.3 Å². The molecule has 0 fully saturated rings. The Morgan fingerprint density at radius 1 is 1.37 bits per heavy atom. The SMILES string of the molecule is CC(C)c1cc2cc(OCC(=O)[O-])c(Cl)c(Cl)c2s1.